The van der Waals surface area contributed by atoms with Crippen molar-refractivity contribution < 1.29 is 9.53 Å². The van der Waals surface area contributed by atoms with Crippen LogP contribution in [0.2, 0.25) is 0 Å². The van der Waals surface area contributed by atoms with Gasteiger partial charge < -0.3 is 14.5 Å². The minimum absolute atomic E-state index is 0.0442. The van der Waals surface area contributed by atoms with Crippen LogP contribution in [-0.2, 0) is 4.79 Å². The van der Waals surface area contributed by atoms with Gasteiger partial charge in [0.25, 0.3) is 0 Å². The summed E-state index contributed by atoms with van der Waals surface area (Å²) in [4.78, 5) is 17.5. The third-order valence-electron chi connectivity index (χ3n) is 6.31. The van der Waals surface area contributed by atoms with Gasteiger partial charge in [-0.3, -0.25) is 9.89 Å². The molecule has 2 heterocycles. The number of rotatable bonds is 8. The number of aromatic nitrogens is 2. The Kier molecular flexibility index (Phi) is 7.10. The number of nitrogens with zero attached hydrogens (tertiary/aromatic N) is 3. The molecule has 0 bridgehead atoms. The van der Waals surface area contributed by atoms with Crippen LogP contribution in [0.25, 0.3) is 11.1 Å². The Balaban J connectivity index is 1.43. The summed E-state index contributed by atoms with van der Waals surface area (Å²) in [5.41, 5.74) is 4.35. The van der Waals surface area contributed by atoms with Gasteiger partial charge in [0, 0.05) is 37.8 Å². The molecule has 0 saturated carbocycles. The number of para-hydroxylation sites is 1. The minimum atomic E-state index is 0.0442. The van der Waals surface area contributed by atoms with Gasteiger partial charge in [-0.15, -0.1) is 0 Å². The number of nitrogens with one attached hydrogen (secondary N) is 1. The summed E-state index contributed by atoms with van der Waals surface area (Å²) in [6, 6.07) is 18.3. The lowest BCUT2D eigenvalue weighted by molar-refractivity contribution is -0.135. The number of carbonyl (C=O) groups is 1. The van der Waals surface area contributed by atoms with Crippen molar-refractivity contribution in [3.8, 4) is 16.9 Å². The Morgan fingerprint density at radius 2 is 1.94 bits per heavy atom. The highest BCUT2D eigenvalue weighted by Crippen LogP contribution is 2.36. The van der Waals surface area contributed by atoms with Gasteiger partial charge >= 0.3 is 0 Å². The number of likely N-dealkylation sites (tertiary alicyclic amines) is 1. The molecule has 6 nitrogen and oxygen atoms in total. The summed E-state index contributed by atoms with van der Waals surface area (Å²) in [5, 5.41) is 7.53. The summed E-state index contributed by atoms with van der Waals surface area (Å²) in [6.07, 6.45) is 6.39. The zero-order chi connectivity index (χ0) is 22.3. The summed E-state index contributed by atoms with van der Waals surface area (Å²) in [6.45, 7) is 1.66. The molecule has 1 unspecified atom stereocenters. The van der Waals surface area contributed by atoms with Gasteiger partial charge in [-0.1, -0.05) is 30.3 Å². The number of amides is 1. The highest BCUT2D eigenvalue weighted by Gasteiger charge is 2.30. The van der Waals surface area contributed by atoms with Gasteiger partial charge in [0.05, 0.1) is 25.0 Å². The maximum Gasteiger partial charge on any atom is 0.223 e. The molecule has 1 saturated heterocycles. The average Bonchev–Trinajstić information content (AvgIpc) is 3.34. The van der Waals surface area contributed by atoms with Crippen LogP contribution in [-0.4, -0.2) is 48.3 Å². The normalized spacial score (nSPS) is 16.1. The van der Waals surface area contributed by atoms with Gasteiger partial charge in [0.2, 0.25) is 5.91 Å². The molecule has 4 rings (SSSR count). The van der Waals surface area contributed by atoms with Crippen LogP contribution in [0.15, 0.2) is 60.8 Å². The fourth-order valence-electron chi connectivity index (χ4n) is 4.50. The largest absolute Gasteiger partial charge is 0.497 e. The van der Waals surface area contributed by atoms with Crippen molar-refractivity contribution in [2.24, 2.45) is 0 Å². The van der Waals surface area contributed by atoms with Crippen LogP contribution in [0.3, 0.4) is 0 Å². The summed E-state index contributed by atoms with van der Waals surface area (Å²) >= 11 is 0. The minimum Gasteiger partial charge on any atom is -0.497 e. The molecular formula is C26H32N4O2. The van der Waals surface area contributed by atoms with E-state index < -0.39 is 0 Å². The zero-order valence-electron chi connectivity index (χ0n) is 19.0. The highest BCUT2D eigenvalue weighted by atomic mass is 16.5. The smallest absolute Gasteiger partial charge is 0.223 e. The number of hydrogen-bond donors (Lipinski definition) is 1. The van der Waals surface area contributed by atoms with Gasteiger partial charge in [0.15, 0.2) is 0 Å². The number of ether oxygens (including phenoxy) is 1. The molecule has 0 spiro atoms. The Morgan fingerprint density at radius 3 is 2.69 bits per heavy atom. The number of anilines is 1. The van der Waals surface area contributed by atoms with E-state index in [2.05, 4.69) is 39.2 Å². The molecular weight excluding hydrogens is 400 g/mol. The lowest BCUT2D eigenvalue weighted by Gasteiger charge is -2.36. The lowest BCUT2D eigenvalue weighted by atomic mass is 9.94. The van der Waals surface area contributed by atoms with Crippen molar-refractivity contribution in [2.45, 2.75) is 38.1 Å². The number of methoxy groups -OCH3 is 1. The van der Waals surface area contributed by atoms with Crippen LogP contribution < -0.4 is 9.64 Å². The highest BCUT2D eigenvalue weighted by molar-refractivity contribution is 5.77. The molecule has 0 aliphatic carbocycles. The van der Waals surface area contributed by atoms with E-state index in [4.69, 9.17) is 4.74 Å². The number of benzene rings is 2. The SMILES string of the molecule is COc1ccc(-c2cn[nH]c2C2CCCCN2C(=O)CCCN(C)c2ccccc2)cc1. The average molecular weight is 433 g/mol. The quantitative estimate of drug-likeness (QED) is 0.541. The maximum absolute atomic E-state index is 13.2. The van der Waals surface area contributed by atoms with Crippen molar-refractivity contribution in [3.05, 3.63) is 66.5 Å². The second kappa shape index (κ2) is 10.4. The van der Waals surface area contributed by atoms with E-state index in [0.717, 1.165) is 61.3 Å². The molecule has 0 radical (unpaired) electrons. The predicted octanol–water partition coefficient (Wildman–Crippen LogP) is 5.06. The molecule has 1 aromatic heterocycles. The van der Waals surface area contributed by atoms with Crippen molar-refractivity contribution in [2.75, 3.05) is 32.1 Å². The topological polar surface area (TPSA) is 61.5 Å². The van der Waals surface area contributed by atoms with Gasteiger partial charge in [-0.05, 0) is 55.5 Å². The molecule has 1 amide bonds. The van der Waals surface area contributed by atoms with Crippen molar-refractivity contribution >= 4 is 11.6 Å². The van der Waals surface area contributed by atoms with Gasteiger partial charge in [0.1, 0.15) is 5.75 Å². The summed E-state index contributed by atoms with van der Waals surface area (Å²) in [7, 11) is 3.75. The van der Waals surface area contributed by atoms with E-state index >= 15 is 0 Å². The van der Waals surface area contributed by atoms with Crippen molar-refractivity contribution in [1.29, 1.82) is 0 Å². The first-order chi connectivity index (χ1) is 15.7. The van der Waals surface area contributed by atoms with E-state index in [1.54, 1.807) is 7.11 Å². The molecule has 1 aliphatic heterocycles. The molecule has 1 fully saturated rings. The fourth-order valence-corrected chi connectivity index (χ4v) is 4.50. The Morgan fingerprint density at radius 1 is 1.16 bits per heavy atom. The summed E-state index contributed by atoms with van der Waals surface area (Å²) < 4.78 is 5.28. The lowest BCUT2D eigenvalue weighted by Crippen LogP contribution is -2.39. The molecule has 3 aromatic rings. The van der Waals surface area contributed by atoms with Crippen LogP contribution >= 0.6 is 0 Å². The zero-order valence-corrected chi connectivity index (χ0v) is 19.0. The number of H-pyrrole nitrogens is 1. The Hall–Kier alpha value is -3.28. The number of piperidine rings is 1. The third-order valence-corrected chi connectivity index (χ3v) is 6.31. The van der Waals surface area contributed by atoms with E-state index in [1.807, 2.05) is 48.7 Å². The molecule has 6 heteroatoms. The first kappa shape index (κ1) is 21.9. The van der Waals surface area contributed by atoms with E-state index in [9.17, 15) is 4.79 Å². The van der Waals surface area contributed by atoms with Crippen LogP contribution in [0.5, 0.6) is 5.75 Å². The number of aromatic amines is 1. The van der Waals surface area contributed by atoms with E-state index in [1.165, 1.54) is 5.69 Å². The molecule has 1 atom stereocenters. The first-order valence-electron chi connectivity index (χ1n) is 11.4. The third kappa shape index (κ3) is 4.96. The van der Waals surface area contributed by atoms with Crippen LogP contribution in [0.1, 0.15) is 43.8 Å². The van der Waals surface area contributed by atoms with Gasteiger partial charge in [-0.25, -0.2) is 0 Å². The predicted molar refractivity (Wildman–Crippen MR) is 128 cm³/mol. The molecule has 2 aromatic carbocycles. The van der Waals surface area contributed by atoms with Crippen LogP contribution in [0.4, 0.5) is 5.69 Å². The van der Waals surface area contributed by atoms with E-state index in [-0.39, 0.29) is 11.9 Å². The number of carbonyl (C=O) groups excluding carboxylic acids is 1. The second-order valence-corrected chi connectivity index (χ2v) is 8.39. The Bertz CT molecular complexity index is 1000. The molecule has 1 N–H and O–H groups in total. The molecule has 1 aliphatic rings. The standard InChI is InChI=1S/C26H32N4O2/c1-29(21-9-4-3-5-10-21)17-8-12-25(31)30-18-7-6-11-24(30)26-23(19-27-28-26)20-13-15-22(32-2)16-14-20/h3-5,9-10,13-16,19,24H,6-8,11-12,17-18H2,1-2H3,(H,27,28). The molecule has 32 heavy (non-hydrogen) atoms. The number of hydrogen-bond acceptors (Lipinski definition) is 4. The fraction of sp³-hybridized carbons (Fsp3) is 0.385. The van der Waals surface area contributed by atoms with E-state index in [0.29, 0.717) is 6.42 Å². The van der Waals surface area contributed by atoms with Crippen LogP contribution in [0, 0.1) is 0 Å². The summed E-state index contributed by atoms with van der Waals surface area (Å²) in [5.74, 6) is 1.06. The maximum atomic E-state index is 13.2. The second-order valence-electron chi connectivity index (χ2n) is 8.39. The monoisotopic (exact) mass is 432 g/mol. The van der Waals surface area contributed by atoms with Crippen molar-refractivity contribution in [3.63, 3.8) is 0 Å². The molecule has 168 valence electrons. The first-order valence-corrected chi connectivity index (χ1v) is 11.4. The van der Waals surface area contributed by atoms with Crippen molar-refractivity contribution in [1.82, 2.24) is 15.1 Å². The Labute approximate surface area is 190 Å². The van der Waals surface area contributed by atoms with Gasteiger partial charge in [-0.2, -0.15) is 5.10 Å².